The van der Waals surface area contributed by atoms with E-state index in [-0.39, 0.29) is 0 Å². The third-order valence-electron chi connectivity index (χ3n) is 4.02. The maximum absolute atomic E-state index is 4.09. The van der Waals surface area contributed by atoms with Crippen LogP contribution in [-0.4, -0.2) is 14.0 Å². The molecule has 0 saturated carbocycles. The summed E-state index contributed by atoms with van der Waals surface area (Å²) in [6, 6.07) is 10.0. The summed E-state index contributed by atoms with van der Waals surface area (Å²) in [6.07, 6.45) is 0. The minimum absolute atomic E-state index is 0.798. The Hall–Kier alpha value is 4.94. The summed E-state index contributed by atoms with van der Waals surface area (Å²) < 4.78 is -0.827. The van der Waals surface area contributed by atoms with Crippen LogP contribution in [0.5, 0.6) is 0 Å². The van der Waals surface area contributed by atoms with Gasteiger partial charge in [-0.2, -0.15) is 0 Å². The first-order valence-corrected chi connectivity index (χ1v) is 17.2. The van der Waals surface area contributed by atoms with Crippen molar-refractivity contribution in [2.24, 2.45) is 0 Å². The SMILES string of the molecule is BrC1=C(Br)C(Br)(Br)C(Br)(C(Br)(C(Br)(Br)Br)C(Br)(Br)c2ccccc2)C(Br)=C1Br. The Morgan fingerprint density at radius 1 is 0.643 bits per heavy atom. The lowest BCUT2D eigenvalue weighted by Gasteiger charge is -2.59. The fourth-order valence-electron chi connectivity index (χ4n) is 2.57. The predicted octanol–water partition coefficient (Wildman–Crippen LogP) is 12.2. The second kappa shape index (κ2) is 10.1. The minimum atomic E-state index is -0.904. The molecule has 13 heteroatoms. The maximum Gasteiger partial charge on any atom is 0.154 e. The molecule has 156 valence electrons. The van der Waals surface area contributed by atoms with E-state index in [0.717, 1.165) is 23.5 Å². The number of allylic oxidation sites excluding steroid dienone is 4. The van der Waals surface area contributed by atoms with Crippen LogP contribution >= 0.6 is 207 Å². The molecule has 0 aliphatic heterocycles. The molecule has 1 aliphatic rings. The Kier molecular flexibility index (Phi) is 10.6. The van der Waals surface area contributed by atoms with E-state index in [1.165, 1.54) is 0 Å². The second-order valence-electron chi connectivity index (χ2n) is 5.59. The molecule has 0 heterocycles. The largest absolute Gasteiger partial charge is 0.154 e. The first-order valence-electron chi connectivity index (χ1n) is 6.87. The van der Waals surface area contributed by atoms with Crippen LogP contribution in [0.1, 0.15) is 5.56 Å². The van der Waals surface area contributed by atoms with Gasteiger partial charge in [0.25, 0.3) is 0 Å². The average Bonchev–Trinajstić information content (AvgIpc) is 2.62. The summed E-state index contributed by atoms with van der Waals surface area (Å²) in [5, 5.41) is 0. The third-order valence-corrected chi connectivity index (χ3v) is 24.3. The van der Waals surface area contributed by atoms with Crippen molar-refractivity contribution in [1.82, 2.24) is 0 Å². The quantitative estimate of drug-likeness (QED) is 0.265. The summed E-state index contributed by atoms with van der Waals surface area (Å²) in [7, 11) is 0. The van der Waals surface area contributed by atoms with Gasteiger partial charge in [0.2, 0.25) is 0 Å². The topological polar surface area (TPSA) is 0 Å². The van der Waals surface area contributed by atoms with Gasteiger partial charge in [-0.15, -0.1) is 0 Å². The molecule has 1 aromatic carbocycles. The van der Waals surface area contributed by atoms with E-state index in [0.29, 0.717) is 0 Å². The molecule has 0 bridgehead atoms. The molecule has 0 spiro atoms. The normalized spacial score (nSPS) is 25.8. The van der Waals surface area contributed by atoms with Crippen molar-refractivity contribution in [3.8, 4) is 0 Å². The van der Waals surface area contributed by atoms with Gasteiger partial charge >= 0.3 is 0 Å². The standard InChI is InChI=1S/C15H5Br13/c16-7-8(17)10(19)13(23,24)11(20,9(7)18)14(25,15(26,27)28)12(21,22)6-4-2-1-3-5-6/h1-5H. The van der Waals surface area contributed by atoms with E-state index >= 15 is 0 Å². The molecule has 1 aromatic rings. The number of hydrogen-bond acceptors (Lipinski definition) is 0. The second-order valence-corrected chi connectivity index (χ2v) is 24.8. The summed E-state index contributed by atoms with van der Waals surface area (Å²) in [6.45, 7) is 0. The Morgan fingerprint density at radius 2 is 1.07 bits per heavy atom. The van der Waals surface area contributed by atoms with Crippen LogP contribution in [0.4, 0.5) is 0 Å². The first-order chi connectivity index (χ1) is 12.5. The summed E-state index contributed by atoms with van der Waals surface area (Å²) in [5.74, 6) is 0. The van der Waals surface area contributed by atoms with Gasteiger partial charge < -0.3 is 0 Å². The zero-order valence-electron chi connectivity index (χ0n) is 12.8. The molecule has 0 fully saturated rings. The summed E-state index contributed by atoms with van der Waals surface area (Å²) in [4.78, 5) is 0. The molecule has 0 nitrogen and oxygen atoms in total. The van der Waals surface area contributed by atoms with Gasteiger partial charge in [-0.05, 0) is 37.4 Å². The molecule has 0 saturated heterocycles. The Bertz CT molecular complexity index is 835. The highest BCUT2D eigenvalue weighted by atomic mass is 80.0. The molecule has 0 amide bonds. The number of benzene rings is 1. The zero-order valence-corrected chi connectivity index (χ0v) is 33.4. The lowest BCUT2D eigenvalue weighted by molar-refractivity contribution is 0.497. The van der Waals surface area contributed by atoms with Crippen molar-refractivity contribution in [2.75, 3.05) is 0 Å². The predicted molar refractivity (Wildman–Crippen MR) is 169 cm³/mol. The fraction of sp³-hybridized carbons (Fsp3) is 0.333. The van der Waals surface area contributed by atoms with E-state index in [2.05, 4.69) is 207 Å². The van der Waals surface area contributed by atoms with Gasteiger partial charge in [-0.1, -0.05) is 206 Å². The number of alkyl halides is 9. The molecule has 2 unspecified atom stereocenters. The molecule has 1 aliphatic carbocycles. The zero-order chi connectivity index (χ0) is 21.9. The summed E-state index contributed by atoms with van der Waals surface area (Å²) >= 11 is 50.1. The Balaban J connectivity index is 2.99. The highest BCUT2D eigenvalue weighted by Gasteiger charge is 2.76. The first kappa shape index (κ1) is 29.2. The van der Waals surface area contributed by atoms with Gasteiger partial charge in [-0.25, -0.2) is 0 Å². The molecule has 2 rings (SSSR count). The van der Waals surface area contributed by atoms with Crippen LogP contribution in [0.25, 0.3) is 0 Å². The minimum Gasteiger partial charge on any atom is -0.0770 e. The molecular formula is C15H5Br13. The van der Waals surface area contributed by atoms with Crippen LogP contribution in [0.3, 0.4) is 0 Å². The van der Waals surface area contributed by atoms with E-state index in [1.54, 1.807) is 0 Å². The molecular weight excluding hydrogens is 1220 g/mol. The van der Waals surface area contributed by atoms with E-state index < -0.39 is 17.3 Å². The van der Waals surface area contributed by atoms with Crippen molar-refractivity contribution >= 4 is 207 Å². The van der Waals surface area contributed by atoms with Crippen LogP contribution in [-0.2, 0) is 3.23 Å². The van der Waals surface area contributed by atoms with Gasteiger partial charge in [0, 0.05) is 17.9 Å². The van der Waals surface area contributed by atoms with Gasteiger partial charge in [0.05, 0.1) is 0 Å². The molecule has 0 radical (unpaired) electrons. The van der Waals surface area contributed by atoms with Crippen LogP contribution in [0.2, 0.25) is 0 Å². The van der Waals surface area contributed by atoms with Crippen molar-refractivity contribution in [3.63, 3.8) is 0 Å². The van der Waals surface area contributed by atoms with Gasteiger partial charge in [0.15, 0.2) is 2.14 Å². The lowest BCUT2D eigenvalue weighted by Crippen LogP contribution is -2.68. The Labute approximate surface area is 273 Å². The van der Waals surface area contributed by atoms with Crippen LogP contribution in [0, 0.1) is 0 Å². The van der Waals surface area contributed by atoms with Crippen molar-refractivity contribution in [1.29, 1.82) is 0 Å². The fourth-order valence-corrected chi connectivity index (χ4v) is 17.3. The van der Waals surface area contributed by atoms with E-state index in [1.807, 2.05) is 30.3 Å². The number of halogens is 13. The molecule has 0 N–H and O–H groups in total. The van der Waals surface area contributed by atoms with Crippen molar-refractivity contribution < 1.29 is 0 Å². The van der Waals surface area contributed by atoms with Crippen LogP contribution in [0.15, 0.2) is 48.3 Å². The number of hydrogen-bond donors (Lipinski definition) is 0. The van der Waals surface area contributed by atoms with E-state index in [9.17, 15) is 0 Å². The Morgan fingerprint density at radius 3 is 1.50 bits per heavy atom. The van der Waals surface area contributed by atoms with Crippen molar-refractivity contribution in [2.45, 2.75) is 17.3 Å². The van der Waals surface area contributed by atoms with E-state index in [4.69, 9.17) is 0 Å². The highest BCUT2D eigenvalue weighted by Crippen LogP contribution is 2.77. The molecule has 0 aromatic heterocycles. The van der Waals surface area contributed by atoms with Gasteiger partial charge in [0.1, 0.15) is 15.1 Å². The smallest absolute Gasteiger partial charge is 0.0770 e. The molecule has 28 heavy (non-hydrogen) atoms. The number of rotatable bonds is 3. The maximum atomic E-state index is 4.09. The van der Waals surface area contributed by atoms with Crippen molar-refractivity contribution in [3.05, 3.63) is 53.8 Å². The monoisotopic (exact) mass is 1210 g/mol. The van der Waals surface area contributed by atoms with Crippen LogP contribution < -0.4 is 0 Å². The lowest BCUT2D eigenvalue weighted by atomic mass is 9.82. The highest BCUT2D eigenvalue weighted by molar-refractivity contribution is 9.40. The average molecular weight is 1220 g/mol. The molecule has 2 atom stereocenters. The third kappa shape index (κ3) is 4.45. The van der Waals surface area contributed by atoms with Gasteiger partial charge in [-0.3, -0.25) is 0 Å². The summed E-state index contributed by atoms with van der Waals surface area (Å²) in [5.41, 5.74) is 0.991.